The Labute approximate surface area is 388 Å². The number of benzene rings is 8. The molecule has 7 heteroatoms. The molecular formula is C60H44N7+. The second-order valence-electron chi connectivity index (χ2n) is 16.9. The zero-order valence-electron chi connectivity index (χ0n) is 36.5. The maximum absolute atomic E-state index is 6.64. The molecule has 0 saturated carbocycles. The van der Waals surface area contributed by atoms with Gasteiger partial charge in [0, 0.05) is 62.0 Å². The number of hydrogen-bond donors (Lipinski definition) is 2. The minimum atomic E-state index is -0.104. The highest BCUT2D eigenvalue weighted by molar-refractivity contribution is 5.99. The summed E-state index contributed by atoms with van der Waals surface area (Å²) in [5.41, 5.74) is 15.2. The summed E-state index contributed by atoms with van der Waals surface area (Å²) in [5, 5.41) is 12.7. The third-order valence-corrected chi connectivity index (χ3v) is 12.8. The molecule has 1 aliphatic carbocycles. The van der Waals surface area contributed by atoms with Crippen LogP contribution in [0.4, 0.5) is 5.69 Å². The second-order valence-corrected chi connectivity index (χ2v) is 16.9. The Morgan fingerprint density at radius 2 is 1.00 bits per heavy atom. The molecule has 67 heavy (non-hydrogen) atoms. The fourth-order valence-electron chi connectivity index (χ4n) is 9.60. The Balaban J connectivity index is 0.926. The van der Waals surface area contributed by atoms with Gasteiger partial charge in [0.05, 0.1) is 17.1 Å². The fourth-order valence-corrected chi connectivity index (χ4v) is 9.60. The molecule has 0 spiro atoms. The Hall–Kier alpha value is -8.94. The first-order valence-corrected chi connectivity index (χ1v) is 22.6. The number of fused-ring (bicyclic) bond motifs is 4. The molecule has 11 aromatic rings. The van der Waals surface area contributed by atoms with Gasteiger partial charge in [0.1, 0.15) is 12.1 Å². The Bertz CT molecular complexity index is 3570. The van der Waals surface area contributed by atoms with Crippen LogP contribution in [-0.4, -0.2) is 36.3 Å². The highest BCUT2D eigenvalue weighted by atomic mass is 15.0. The van der Waals surface area contributed by atoms with Gasteiger partial charge in [-0.2, -0.15) is 0 Å². The summed E-state index contributed by atoms with van der Waals surface area (Å²) in [4.78, 5) is 14.9. The van der Waals surface area contributed by atoms with E-state index in [9.17, 15) is 0 Å². The molecule has 7 nitrogen and oxygen atoms in total. The summed E-state index contributed by atoms with van der Waals surface area (Å²) in [6.07, 6.45) is 8.53. The van der Waals surface area contributed by atoms with Crippen LogP contribution in [-0.2, 0) is 0 Å². The molecule has 0 amide bonds. The average molecular weight is 863 g/mol. The minimum absolute atomic E-state index is 0.0392. The maximum atomic E-state index is 6.64. The van der Waals surface area contributed by atoms with Crippen molar-refractivity contribution in [2.75, 3.05) is 5.32 Å². The van der Waals surface area contributed by atoms with Gasteiger partial charge in [0.2, 0.25) is 0 Å². The van der Waals surface area contributed by atoms with Crippen LogP contribution in [0.1, 0.15) is 17.2 Å². The average Bonchev–Trinajstić information content (AvgIpc) is 3.98. The van der Waals surface area contributed by atoms with E-state index >= 15 is 0 Å². The van der Waals surface area contributed by atoms with Crippen molar-refractivity contribution in [1.82, 2.24) is 24.1 Å². The molecule has 2 atom stereocenters. The van der Waals surface area contributed by atoms with E-state index in [-0.39, 0.29) is 12.0 Å². The van der Waals surface area contributed by atoms with E-state index in [1.165, 1.54) is 16.5 Å². The van der Waals surface area contributed by atoms with Gasteiger partial charge in [-0.3, -0.25) is 5.41 Å². The standard InChI is InChI=1S/C60H43N7/c61-39-53-54(62-48-23-11-4-12-24-48)30-29-51-52-38-45(28-32-56(52)67(57(51)53)50-26-13-21-43(36-50)40-15-5-1-6-16-40)44-27-31-55-46(35-44)33-34-66(55)49-25-14-22-47(37-49)60-64-58(41-17-7-2-8-18-41)63-59(65-60)42-19-9-3-10-20-42/h1-39,53-54,61-62H/p+1. The van der Waals surface area contributed by atoms with Crippen molar-refractivity contribution < 1.29 is 5.41 Å². The van der Waals surface area contributed by atoms with E-state index in [2.05, 4.69) is 178 Å². The number of anilines is 1. The van der Waals surface area contributed by atoms with Crippen LogP contribution in [0.25, 0.3) is 95.7 Å². The molecule has 3 heterocycles. The predicted molar refractivity (Wildman–Crippen MR) is 274 cm³/mol. The van der Waals surface area contributed by atoms with Crippen LogP contribution >= 0.6 is 0 Å². The topological polar surface area (TPSA) is 86.2 Å². The lowest BCUT2D eigenvalue weighted by Crippen LogP contribution is -2.41. The van der Waals surface area contributed by atoms with Gasteiger partial charge < -0.3 is 14.5 Å². The van der Waals surface area contributed by atoms with Crippen molar-refractivity contribution >= 4 is 39.8 Å². The van der Waals surface area contributed by atoms with Gasteiger partial charge in [-0.25, -0.2) is 15.0 Å². The molecule has 0 radical (unpaired) electrons. The fraction of sp³-hybridized carbons (Fsp3) is 0.0333. The highest BCUT2D eigenvalue weighted by Gasteiger charge is 2.33. The Morgan fingerprint density at radius 3 is 1.67 bits per heavy atom. The lowest BCUT2D eigenvalue weighted by atomic mass is 9.87. The van der Waals surface area contributed by atoms with Crippen molar-refractivity contribution in [3.8, 4) is 67.8 Å². The van der Waals surface area contributed by atoms with E-state index in [4.69, 9.17) is 20.4 Å². The van der Waals surface area contributed by atoms with Crippen LogP contribution in [0, 0.1) is 0 Å². The smallest absolute Gasteiger partial charge is 0.164 e. The Morgan fingerprint density at radius 1 is 0.463 bits per heavy atom. The number of nitrogens with zero attached hydrogens (tertiary/aromatic N) is 5. The summed E-state index contributed by atoms with van der Waals surface area (Å²) in [6.45, 7) is 0. The van der Waals surface area contributed by atoms with Crippen LogP contribution in [0.15, 0.2) is 225 Å². The molecule has 318 valence electrons. The molecule has 0 aliphatic heterocycles. The molecule has 12 rings (SSSR count). The molecule has 3 aromatic heterocycles. The molecule has 2 unspecified atom stereocenters. The molecule has 1 aliphatic rings. The van der Waals surface area contributed by atoms with Gasteiger partial charge in [-0.1, -0.05) is 158 Å². The molecular weight excluding hydrogens is 819 g/mol. The van der Waals surface area contributed by atoms with Crippen LogP contribution in [0.5, 0.6) is 0 Å². The normalized spacial score (nSPS) is 14.3. The van der Waals surface area contributed by atoms with Crippen molar-refractivity contribution in [3.63, 3.8) is 0 Å². The van der Waals surface area contributed by atoms with Gasteiger partial charge >= 0.3 is 0 Å². The first kappa shape index (κ1) is 39.6. The van der Waals surface area contributed by atoms with Crippen molar-refractivity contribution in [2.45, 2.75) is 12.0 Å². The van der Waals surface area contributed by atoms with Crippen molar-refractivity contribution in [3.05, 3.63) is 236 Å². The summed E-state index contributed by atoms with van der Waals surface area (Å²) in [5.74, 6) is 1.79. The summed E-state index contributed by atoms with van der Waals surface area (Å²) < 4.78 is 4.65. The van der Waals surface area contributed by atoms with E-state index in [0.717, 1.165) is 72.6 Å². The number of para-hydroxylation sites is 1. The first-order valence-electron chi connectivity index (χ1n) is 22.6. The van der Waals surface area contributed by atoms with E-state index in [1.54, 1.807) is 0 Å². The van der Waals surface area contributed by atoms with Gasteiger partial charge in [0.15, 0.2) is 17.5 Å². The van der Waals surface area contributed by atoms with Crippen LogP contribution in [0.3, 0.4) is 0 Å². The molecule has 0 fully saturated rings. The van der Waals surface area contributed by atoms with Gasteiger partial charge in [0.25, 0.3) is 0 Å². The third kappa shape index (κ3) is 7.38. The lowest BCUT2D eigenvalue weighted by Gasteiger charge is -2.27. The van der Waals surface area contributed by atoms with E-state index < -0.39 is 0 Å². The lowest BCUT2D eigenvalue weighted by molar-refractivity contribution is -0.109. The predicted octanol–water partition coefficient (Wildman–Crippen LogP) is 12.5. The zero-order chi connectivity index (χ0) is 44.7. The van der Waals surface area contributed by atoms with Gasteiger partial charge in [-0.15, -0.1) is 0 Å². The first-order chi connectivity index (χ1) is 33.1. The number of aromatic nitrogens is 5. The van der Waals surface area contributed by atoms with Crippen LogP contribution < -0.4 is 10.7 Å². The molecule has 0 bridgehead atoms. The molecule has 3 N–H and O–H groups in total. The highest BCUT2D eigenvalue weighted by Crippen LogP contribution is 2.42. The van der Waals surface area contributed by atoms with E-state index in [1.807, 2.05) is 72.9 Å². The monoisotopic (exact) mass is 862 g/mol. The van der Waals surface area contributed by atoms with Crippen LogP contribution in [0.2, 0.25) is 0 Å². The molecule has 0 saturated heterocycles. The largest absolute Gasteiger partial charge is 0.378 e. The molecule has 8 aromatic carbocycles. The zero-order valence-corrected chi connectivity index (χ0v) is 36.5. The summed E-state index contributed by atoms with van der Waals surface area (Å²) in [6, 6.07) is 74.1. The van der Waals surface area contributed by atoms with Gasteiger partial charge in [-0.05, 0) is 89.0 Å². The summed E-state index contributed by atoms with van der Waals surface area (Å²) in [7, 11) is 0. The van der Waals surface area contributed by atoms with Crippen molar-refractivity contribution in [1.29, 1.82) is 0 Å². The Kier molecular flexibility index (Phi) is 9.99. The second kappa shape index (κ2) is 16.9. The minimum Gasteiger partial charge on any atom is -0.378 e. The quantitative estimate of drug-likeness (QED) is 0.134. The summed E-state index contributed by atoms with van der Waals surface area (Å²) >= 11 is 0. The number of nitrogens with one attached hydrogen (secondary N) is 1. The number of hydrogen-bond acceptors (Lipinski definition) is 4. The maximum Gasteiger partial charge on any atom is 0.164 e. The van der Waals surface area contributed by atoms with Crippen molar-refractivity contribution in [2.24, 2.45) is 0 Å². The third-order valence-electron chi connectivity index (χ3n) is 12.8. The number of nitrogens with two attached hydrogens (primary N) is 1. The SMILES string of the molecule is [NH2+]=CC1c2c(c3cc(-c4ccc5c(ccn5-c5cccc(-c6nc(-c7ccccc7)nc(-c7ccccc7)n6)c5)c4)ccc3n2-c2cccc(-c3ccccc3)c2)C=CC1Nc1ccccc1. The number of rotatable bonds is 10. The van der Waals surface area contributed by atoms with E-state index in [0.29, 0.717) is 17.5 Å².